The van der Waals surface area contributed by atoms with E-state index >= 15 is 0 Å². The van der Waals surface area contributed by atoms with Crippen LogP contribution in [0.15, 0.2) is 0 Å². The van der Waals surface area contributed by atoms with Gasteiger partial charge in [-0.15, -0.1) is 0 Å². The number of nitrogens with zero attached hydrogens (tertiary/aromatic N) is 3. The molecule has 0 saturated carbocycles. The molecule has 0 aromatic carbocycles. The molecule has 0 bridgehead atoms. The maximum atomic E-state index is 11.1. The number of carbonyl (C=O) groups is 4. The molecule has 4 N–H and O–H groups in total. The van der Waals surface area contributed by atoms with Crippen LogP contribution in [0.3, 0.4) is 0 Å². The Morgan fingerprint density at radius 1 is 0.800 bits per heavy atom. The molecule has 25 heavy (non-hydrogen) atoms. The van der Waals surface area contributed by atoms with E-state index in [0.29, 0.717) is 0 Å². The molecule has 142 valence electrons. The molecule has 0 radical (unpaired) electrons. The smallest absolute Gasteiger partial charge is 0.317 e. The second-order valence-electron chi connectivity index (χ2n) is 6.35. The lowest BCUT2D eigenvalue weighted by molar-refractivity contribution is -0.147. The fourth-order valence-corrected chi connectivity index (χ4v) is 3.07. The van der Waals surface area contributed by atoms with E-state index in [0.717, 1.165) is 0 Å². The molecule has 11 heteroatoms. The summed E-state index contributed by atoms with van der Waals surface area (Å²) in [6.07, 6.45) is 0. The molecule has 0 unspecified atom stereocenters. The summed E-state index contributed by atoms with van der Waals surface area (Å²) in [6, 6.07) is 0. The zero-order chi connectivity index (χ0) is 19.2. The third-order valence-electron chi connectivity index (χ3n) is 3.99. The van der Waals surface area contributed by atoms with Crippen molar-refractivity contribution in [2.45, 2.75) is 12.5 Å². The van der Waals surface area contributed by atoms with Gasteiger partial charge in [0.15, 0.2) is 0 Å². The molecule has 0 amide bonds. The van der Waals surface area contributed by atoms with Crippen molar-refractivity contribution in [3.63, 3.8) is 0 Å². The summed E-state index contributed by atoms with van der Waals surface area (Å²) in [5, 5.41) is 36.2. The molecule has 0 aliphatic carbocycles. The third-order valence-corrected chi connectivity index (χ3v) is 3.99. The Kier molecular flexibility index (Phi) is 7.27. The molecule has 1 saturated heterocycles. The highest BCUT2D eigenvalue weighted by atomic mass is 16.4. The van der Waals surface area contributed by atoms with Gasteiger partial charge < -0.3 is 20.4 Å². The van der Waals surface area contributed by atoms with Crippen molar-refractivity contribution in [3.8, 4) is 0 Å². The molecule has 1 heterocycles. The number of hydrogen-bond acceptors (Lipinski definition) is 7. The molecule has 0 spiro atoms. The Balaban J connectivity index is 3.12. The molecule has 11 nitrogen and oxygen atoms in total. The highest BCUT2D eigenvalue weighted by molar-refractivity contribution is 5.73. The van der Waals surface area contributed by atoms with E-state index in [9.17, 15) is 19.2 Å². The minimum Gasteiger partial charge on any atom is -0.480 e. The van der Waals surface area contributed by atoms with E-state index in [1.54, 1.807) is 16.7 Å². The van der Waals surface area contributed by atoms with Crippen molar-refractivity contribution in [2.75, 3.05) is 52.4 Å². The number of carboxylic acid groups (broad SMARTS) is 4. The first-order chi connectivity index (χ1) is 11.5. The van der Waals surface area contributed by atoms with E-state index in [4.69, 9.17) is 20.4 Å². The van der Waals surface area contributed by atoms with E-state index in [1.165, 1.54) is 4.90 Å². The van der Waals surface area contributed by atoms with Crippen LogP contribution < -0.4 is 0 Å². The van der Waals surface area contributed by atoms with Gasteiger partial charge in [-0.3, -0.25) is 33.9 Å². The van der Waals surface area contributed by atoms with E-state index in [2.05, 4.69) is 0 Å². The summed E-state index contributed by atoms with van der Waals surface area (Å²) >= 11 is 0. The van der Waals surface area contributed by atoms with Crippen molar-refractivity contribution < 1.29 is 39.6 Å². The van der Waals surface area contributed by atoms with Crippen LogP contribution in [0.1, 0.15) is 6.92 Å². The van der Waals surface area contributed by atoms with Gasteiger partial charge in [-0.05, 0) is 6.92 Å². The summed E-state index contributed by atoms with van der Waals surface area (Å²) < 4.78 is 0. The first-order valence-corrected chi connectivity index (χ1v) is 7.59. The number of aliphatic carboxylic acids is 4. The second-order valence-corrected chi connectivity index (χ2v) is 6.35. The van der Waals surface area contributed by atoms with Crippen molar-refractivity contribution in [1.82, 2.24) is 14.7 Å². The predicted molar refractivity (Wildman–Crippen MR) is 83.4 cm³/mol. The molecule has 1 aliphatic heterocycles. The zero-order valence-electron chi connectivity index (χ0n) is 13.9. The predicted octanol–water partition coefficient (Wildman–Crippen LogP) is -2.00. The number of rotatable bonds is 9. The van der Waals surface area contributed by atoms with Crippen LogP contribution >= 0.6 is 0 Å². The Labute approximate surface area is 144 Å². The van der Waals surface area contributed by atoms with Crippen LogP contribution in [-0.2, 0) is 19.2 Å². The summed E-state index contributed by atoms with van der Waals surface area (Å²) in [7, 11) is 0. The SMILES string of the molecule is CC1(N(CC(=O)O)CC(=O)O)CN(CC(=O)O)CCN(CC(=O)O)C1. The number of hydrogen-bond donors (Lipinski definition) is 4. The van der Waals surface area contributed by atoms with Crippen LogP contribution in [0.25, 0.3) is 0 Å². The summed E-state index contributed by atoms with van der Waals surface area (Å²) in [5.41, 5.74) is -1.04. The first kappa shape index (κ1) is 20.8. The molecule has 0 aromatic heterocycles. The highest BCUT2D eigenvalue weighted by Crippen LogP contribution is 2.21. The zero-order valence-corrected chi connectivity index (χ0v) is 13.9. The minimum atomic E-state index is -1.22. The van der Waals surface area contributed by atoms with E-state index in [1.807, 2.05) is 0 Å². The topological polar surface area (TPSA) is 159 Å². The highest BCUT2D eigenvalue weighted by Gasteiger charge is 2.40. The van der Waals surface area contributed by atoms with Crippen molar-refractivity contribution in [1.29, 1.82) is 0 Å². The average Bonchev–Trinajstić information content (AvgIpc) is 2.55. The Hall–Kier alpha value is -2.24. The standard InChI is InChI=1S/C14H23N3O8/c1-14(17(6-12(22)23)7-13(24)25)8-15(4-10(18)19)2-3-16(9-14)5-11(20)21/h2-9H2,1H3,(H,18,19)(H,20,21)(H,22,23)(H,24,25). The van der Waals surface area contributed by atoms with Crippen LogP contribution in [0, 0.1) is 0 Å². The monoisotopic (exact) mass is 361 g/mol. The molecular weight excluding hydrogens is 338 g/mol. The summed E-state index contributed by atoms with van der Waals surface area (Å²) in [5.74, 6) is -4.59. The van der Waals surface area contributed by atoms with Gasteiger partial charge in [-0.1, -0.05) is 0 Å². The molecule has 0 atom stereocenters. The maximum Gasteiger partial charge on any atom is 0.317 e. The van der Waals surface area contributed by atoms with Gasteiger partial charge >= 0.3 is 23.9 Å². The van der Waals surface area contributed by atoms with Gasteiger partial charge in [0.1, 0.15) is 0 Å². The van der Waals surface area contributed by atoms with Crippen molar-refractivity contribution in [2.24, 2.45) is 0 Å². The maximum absolute atomic E-state index is 11.1. The molecular formula is C14H23N3O8. The minimum absolute atomic E-state index is 0.107. The summed E-state index contributed by atoms with van der Waals surface area (Å²) in [4.78, 5) is 48.7. The Morgan fingerprint density at radius 3 is 1.44 bits per heavy atom. The first-order valence-electron chi connectivity index (χ1n) is 7.59. The van der Waals surface area contributed by atoms with Crippen LogP contribution in [0.2, 0.25) is 0 Å². The Morgan fingerprint density at radius 2 is 1.16 bits per heavy atom. The van der Waals surface area contributed by atoms with Gasteiger partial charge in [0.2, 0.25) is 0 Å². The fourth-order valence-electron chi connectivity index (χ4n) is 3.07. The van der Waals surface area contributed by atoms with E-state index < -0.39 is 42.5 Å². The van der Waals surface area contributed by atoms with Gasteiger partial charge in [-0.25, -0.2) is 0 Å². The van der Waals surface area contributed by atoms with Crippen molar-refractivity contribution >= 4 is 23.9 Å². The largest absolute Gasteiger partial charge is 0.480 e. The normalized spacial score (nSPS) is 18.6. The van der Waals surface area contributed by atoms with Gasteiger partial charge in [-0.2, -0.15) is 0 Å². The van der Waals surface area contributed by atoms with Gasteiger partial charge in [0.25, 0.3) is 0 Å². The van der Waals surface area contributed by atoms with Crippen LogP contribution in [0.4, 0.5) is 0 Å². The van der Waals surface area contributed by atoms with Gasteiger partial charge in [0, 0.05) is 31.7 Å². The van der Waals surface area contributed by atoms with E-state index in [-0.39, 0.29) is 39.3 Å². The molecule has 1 fully saturated rings. The second kappa shape index (κ2) is 8.74. The van der Waals surface area contributed by atoms with Crippen LogP contribution in [0.5, 0.6) is 0 Å². The lowest BCUT2D eigenvalue weighted by Crippen LogP contribution is -2.60. The average molecular weight is 361 g/mol. The molecule has 1 aliphatic rings. The molecule has 0 aromatic rings. The lowest BCUT2D eigenvalue weighted by Gasteiger charge is -2.42. The number of carboxylic acids is 4. The fraction of sp³-hybridized carbons (Fsp3) is 0.714. The quantitative estimate of drug-likeness (QED) is 0.360. The lowest BCUT2D eigenvalue weighted by atomic mass is 9.98. The van der Waals surface area contributed by atoms with Gasteiger partial charge in [0.05, 0.1) is 26.2 Å². The van der Waals surface area contributed by atoms with Crippen LogP contribution in [-0.4, -0.2) is 117 Å². The van der Waals surface area contributed by atoms with Crippen molar-refractivity contribution in [3.05, 3.63) is 0 Å². The Bertz CT molecular complexity index is 496. The molecule has 1 rings (SSSR count). The third kappa shape index (κ3) is 7.03. The summed E-state index contributed by atoms with van der Waals surface area (Å²) in [6.45, 7) is 0.691.